The molecule has 0 spiro atoms. The molecule has 1 aliphatic heterocycles. The number of thioether (sulfide) groups is 1. The first-order valence-electron chi connectivity index (χ1n) is 4.95. The van der Waals surface area contributed by atoms with Crippen LogP contribution in [0.25, 0.3) is 0 Å². The van der Waals surface area contributed by atoms with Crippen molar-refractivity contribution in [3.8, 4) is 0 Å². The van der Waals surface area contributed by atoms with Crippen LogP contribution in [-0.2, 0) is 0 Å². The molecule has 0 saturated heterocycles. The summed E-state index contributed by atoms with van der Waals surface area (Å²) in [6.45, 7) is 4.09. The van der Waals surface area contributed by atoms with Crippen molar-refractivity contribution in [3.05, 3.63) is 29.3 Å². The van der Waals surface area contributed by atoms with E-state index in [0.717, 1.165) is 16.2 Å². The van der Waals surface area contributed by atoms with E-state index < -0.39 is 11.6 Å². The van der Waals surface area contributed by atoms with Crippen molar-refractivity contribution >= 4 is 11.8 Å². The first kappa shape index (κ1) is 10.9. The van der Waals surface area contributed by atoms with E-state index in [1.807, 2.05) is 13.8 Å². The van der Waals surface area contributed by atoms with E-state index in [-0.39, 0.29) is 6.04 Å². The van der Waals surface area contributed by atoms with Gasteiger partial charge in [0, 0.05) is 22.7 Å². The SMILES string of the molecule is CC(C)NC1CSc2cc(F)c(F)cc21. The molecule has 1 N–H and O–H groups in total. The number of rotatable bonds is 2. The molecule has 82 valence electrons. The normalized spacial score (nSPS) is 19.7. The molecule has 0 radical (unpaired) electrons. The molecule has 4 heteroatoms. The van der Waals surface area contributed by atoms with Crippen molar-refractivity contribution in [1.82, 2.24) is 5.32 Å². The van der Waals surface area contributed by atoms with E-state index >= 15 is 0 Å². The molecule has 2 rings (SSSR count). The molecule has 0 fully saturated rings. The van der Waals surface area contributed by atoms with Crippen LogP contribution in [0.1, 0.15) is 25.5 Å². The molecule has 1 heterocycles. The minimum absolute atomic E-state index is 0.139. The highest BCUT2D eigenvalue weighted by Gasteiger charge is 2.25. The molecule has 15 heavy (non-hydrogen) atoms. The molecule has 0 aliphatic carbocycles. The second-order valence-electron chi connectivity index (χ2n) is 3.99. The van der Waals surface area contributed by atoms with Crippen molar-refractivity contribution < 1.29 is 8.78 Å². The fraction of sp³-hybridized carbons (Fsp3) is 0.455. The Bertz CT molecular complexity index is 379. The van der Waals surface area contributed by atoms with Crippen molar-refractivity contribution in [2.75, 3.05) is 5.75 Å². The number of fused-ring (bicyclic) bond motifs is 1. The third-order valence-corrected chi connectivity index (χ3v) is 3.53. The molecule has 0 aromatic heterocycles. The van der Waals surface area contributed by atoms with Crippen molar-refractivity contribution in [3.63, 3.8) is 0 Å². The Labute approximate surface area is 92.3 Å². The lowest BCUT2D eigenvalue weighted by Gasteiger charge is -2.16. The molecule has 0 bridgehead atoms. The highest BCUT2D eigenvalue weighted by Crippen LogP contribution is 2.39. The van der Waals surface area contributed by atoms with E-state index in [0.29, 0.717) is 6.04 Å². The van der Waals surface area contributed by atoms with Gasteiger partial charge in [-0.15, -0.1) is 11.8 Å². The summed E-state index contributed by atoms with van der Waals surface area (Å²) in [5, 5.41) is 3.33. The molecular formula is C11H13F2NS. The van der Waals surface area contributed by atoms with Gasteiger partial charge in [0.1, 0.15) is 0 Å². The van der Waals surface area contributed by atoms with Crippen LogP contribution in [0, 0.1) is 11.6 Å². The lowest BCUT2D eigenvalue weighted by atomic mass is 10.1. The van der Waals surface area contributed by atoms with Crippen LogP contribution in [0.5, 0.6) is 0 Å². The van der Waals surface area contributed by atoms with Crippen LogP contribution < -0.4 is 5.32 Å². The Morgan fingerprint density at radius 1 is 1.33 bits per heavy atom. The molecule has 1 aromatic carbocycles. The van der Waals surface area contributed by atoms with Gasteiger partial charge in [-0.05, 0) is 17.7 Å². The molecule has 1 nitrogen and oxygen atoms in total. The number of benzene rings is 1. The van der Waals surface area contributed by atoms with Crippen molar-refractivity contribution in [2.45, 2.75) is 30.8 Å². The minimum Gasteiger partial charge on any atom is -0.307 e. The van der Waals surface area contributed by atoms with Crippen molar-refractivity contribution in [2.24, 2.45) is 0 Å². The number of hydrogen-bond acceptors (Lipinski definition) is 2. The van der Waals surface area contributed by atoms with Crippen LogP contribution in [0.2, 0.25) is 0 Å². The molecule has 0 saturated carbocycles. The number of nitrogens with one attached hydrogen (secondary N) is 1. The van der Waals surface area contributed by atoms with Gasteiger partial charge in [0.25, 0.3) is 0 Å². The lowest BCUT2D eigenvalue weighted by Crippen LogP contribution is -2.28. The summed E-state index contributed by atoms with van der Waals surface area (Å²) in [5.74, 6) is -0.672. The van der Waals surface area contributed by atoms with Crippen molar-refractivity contribution in [1.29, 1.82) is 0 Å². The highest BCUT2D eigenvalue weighted by molar-refractivity contribution is 7.99. The number of hydrogen-bond donors (Lipinski definition) is 1. The maximum absolute atomic E-state index is 13.1. The number of halogens is 2. The van der Waals surface area contributed by atoms with Crippen LogP contribution in [0.15, 0.2) is 17.0 Å². The second-order valence-corrected chi connectivity index (χ2v) is 5.05. The smallest absolute Gasteiger partial charge is 0.159 e. The summed E-state index contributed by atoms with van der Waals surface area (Å²) in [7, 11) is 0. The quantitative estimate of drug-likeness (QED) is 0.836. The minimum atomic E-state index is -0.758. The van der Waals surface area contributed by atoms with E-state index in [2.05, 4.69) is 5.32 Å². The average Bonchev–Trinajstić information content (AvgIpc) is 2.49. The summed E-state index contributed by atoms with van der Waals surface area (Å²) >= 11 is 1.57. The molecular weight excluding hydrogens is 216 g/mol. The third-order valence-electron chi connectivity index (χ3n) is 2.37. The van der Waals surface area contributed by atoms with E-state index in [1.165, 1.54) is 12.1 Å². The van der Waals surface area contributed by atoms with Crippen LogP contribution in [0.3, 0.4) is 0 Å². The summed E-state index contributed by atoms with van der Waals surface area (Å²) < 4.78 is 26.0. The maximum Gasteiger partial charge on any atom is 0.159 e. The topological polar surface area (TPSA) is 12.0 Å². The zero-order valence-electron chi connectivity index (χ0n) is 8.68. The van der Waals surface area contributed by atoms with Crippen LogP contribution in [0.4, 0.5) is 8.78 Å². The first-order valence-corrected chi connectivity index (χ1v) is 5.94. The highest BCUT2D eigenvalue weighted by atomic mass is 32.2. The summed E-state index contributed by atoms with van der Waals surface area (Å²) in [4.78, 5) is 0.854. The molecule has 1 aromatic rings. The molecule has 1 atom stereocenters. The first-order chi connectivity index (χ1) is 7.08. The van der Waals surface area contributed by atoms with Gasteiger partial charge in [-0.1, -0.05) is 13.8 Å². The standard InChI is InChI=1S/C11H13F2NS/c1-6(2)14-10-5-15-11-4-9(13)8(12)3-7(10)11/h3-4,6,10,14H,5H2,1-2H3. The second kappa shape index (κ2) is 4.10. The Morgan fingerprint density at radius 3 is 2.67 bits per heavy atom. The van der Waals surface area contributed by atoms with E-state index in [1.54, 1.807) is 11.8 Å². The van der Waals surface area contributed by atoms with Gasteiger partial charge < -0.3 is 5.32 Å². The molecule has 1 aliphatic rings. The largest absolute Gasteiger partial charge is 0.307 e. The third kappa shape index (κ3) is 2.16. The van der Waals surface area contributed by atoms with Gasteiger partial charge in [-0.2, -0.15) is 0 Å². The molecule has 1 unspecified atom stereocenters. The monoisotopic (exact) mass is 229 g/mol. The predicted molar refractivity (Wildman–Crippen MR) is 58.1 cm³/mol. The zero-order chi connectivity index (χ0) is 11.0. The van der Waals surface area contributed by atoms with Gasteiger partial charge in [0.15, 0.2) is 11.6 Å². The zero-order valence-corrected chi connectivity index (χ0v) is 9.50. The molecule has 0 amide bonds. The summed E-state index contributed by atoms with van der Waals surface area (Å²) in [6, 6.07) is 3.08. The van der Waals surface area contributed by atoms with Gasteiger partial charge in [0.05, 0.1) is 0 Å². The van der Waals surface area contributed by atoms with E-state index in [4.69, 9.17) is 0 Å². The van der Waals surface area contributed by atoms with E-state index in [9.17, 15) is 8.78 Å². The van der Waals surface area contributed by atoms with Gasteiger partial charge >= 0.3 is 0 Å². The predicted octanol–water partition coefficient (Wildman–Crippen LogP) is 3.11. The fourth-order valence-electron chi connectivity index (χ4n) is 1.74. The Kier molecular flexibility index (Phi) is 2.98. The summed E-state index contributed by atoms with van der Waals surface area (Å²) in [5.41, 5.74) is 0.882. The van der Waals surface area contributed by atoms with Gasteiger partial charge in [-0.3, -0.25) is 0 Å². The Hall–Kier alpha value is -0.610. The van der Waals surface area contributed by atoms with Crippen LogP contribution >= 0.6 is 11.8 Å². The maximum atomic E-state index is 13.1. The Balaban J connectivity index is 2.30. The Morgan fingerprint density at radius 2 is 2.00 bits per heavy atom. The van der Waals surface area contributed by atoms with Gasteiger partial charge in [0.2, 0.25) is 0 Å². The average molecular weight is 229 g/mol. The van der Waals surface area contributed by atoms with Gasteiger partial charge in [-0.25, -0.2) is 8.78 Å². The van der Waals surface area contributed by atoms with Crippen LogP contribution in [-0.4, -0.2) is 11.8 Å². The lowest BCUT2D eigenvalue weighted by molar-refractivity contribution is 0.487. The summed E-state index contributed by atoms with van der Waals surface area (Å²) in [6.07, 6.45) is 0. The fourth-order valence-corrected chi connectivity index (χ4v) is 2.92.